The lowest BCUT2D eigenvalue weighted by Crippen LogP contribution is -2.43. The van der Waals surface area contributed by atoms with Crippen LogP contribution in [0.3, 0.4) is 0 Å². The molecule has 1 amide bonds. The van der Waals surface area contributed by atoms with Gasteiger partial charge >= 0.3 is 5.97 Å². The van der Waals surface area contributed by atoms with Gasteiger partial charge in [-0.2, -0.15) is 0 Å². The molecule has 0 radical (unpaired) electrons. The van der Waals surface area contributed by atoms with Gasteiger partial charge in [-0.1, -0.05) is 18.9 Å². The SMILES string of the molecule is CC(C)N(C(=O)c1cccc(C(=O)O)c1)C1CCCC1. The summed E-state index contributed by atoms with van der Waals surface area (Å²) in [7, 11) is 0. The lowest BCUT2D eigenvalue weighted by Gasteiger charge is -2.33. The number of hydrogen-bond donors (Lipinski definition) is 1. The zero-order chi connectivity index (χ0) is 14.7. The van der Waals surface area contributed by atoms with Crippen molar-refractivity contribution >= 4 is 11.9 Å². The van der Waals surface area contributed by atoms with Crippen molar-refractivity contribution in [3.05, 3.63) is 35.4 Å². The van der Waals surface area contributed by atoms with Crippen molar-refractivity contribution in [1.29, 1.82) is 0 Å². The normalized spacial score (nSPS) is 15.6. The number of carbonyl (C=O) groups is 2. The first-order valence-corrected chi connectivity index (χ1v) is 7.16. The Labute approximate surface area is 119 Å². The highest BCUT2D eigenvalue weighted by atomic mass is 16.4. The Balaban J connectivity index is 2.27. The van der Waals surface area contributed by atoms with Crippen LogP contribution >= 0.6 is 0 Å². The number of benzene rings is 1. The quantitative estimate of drug-likeness (QED) is 0.918. The zero-order valence-corrected chi connectivity index (χ0v) is 12.0. The fourth-order valence-corrected chi connectivity index (χ4v) is 2.94. The highest BCUT2D eigenvalue weighted by Gasteiger charge is 2.29. The molecule has 0 atom stereocenters. The van der Waals surface area contributed by atoms with E-state index in [1.165, 1.54) is 12.1 Å². The van der Waals surface area contributed by atoms with Gasteiger partial charge < -0.3 is 10.0 Å². The van der Waals surface area contributed by atoms with Gasteiger partial charge in [-0.3, -0.25) is 4.79 Å². The minimum Gasteiger partial charge on any atom is -0.478 e. The van der Waals surface area contributed by atoms with E-state index in [-0.39, 0.29) is 23.6 Å². The van der Waals surface area contributed by atoms with Crippen LogP contribution in [0.4, 0.5) is 0 Å². The Morgan fingerprint density at radius 3 is 2.35 bits per heavy atom. The predicted molar refractivity (Wildman–Crippen MR) is 77.0 cm³/mol. The van der Waals surface area contributed by atoms with Crippen molar-refractivity contribution in [1.82, 2.24) is 4.90 Å². The van der Waals surface area contributed by atoms with Crippen molar-refractivity contribution in [3.8, 4) is 0 Å². The second-order valence-electron chi connectivity index (χ2n) is 5.63. The summed E-state index contributed by atoms with van der Waals surface area (Å²) in [4.78, 5) is 25.6. The maximum absolute atomic E-state index is 12.7. The lowest BCUT2D eigenvalue weighted by atomic mass is 10.1. The van der Waals surface area contributed by atoms with E-state index in [4.69, 9.17) is 5.11 Å². The molecule has 1 N–H and O–H groups in total. The van der Waals surface area contributed by atoms with Crippen molar-refractivity contribution in [2.24, 2.45) is 0 Å². The molecule has 20 heavy (non-hydrogen) atoms. The Morgan fingerprint density at radius 2 is 1.80 bits per heavy atom. The molecule has 4 heteroatoms. The molecule has 2 rings (SSSR count). The van der Waals surface area contributed by atoms with Gasteiger partial charge in [-0.25, -0.2) is 4.79 Å². The second kappa shape index (κ2) is 6.07. The van der Waals surface area contributed by atoms with Gasteiger partial charge in [0.25, 0.3) is 5.91 Å². The van der Waals surface area contributed by atoms with Gasteiger partial charge in [0.2, 0.25) is 0 Å². The molecular formula is C16H21NO3. The summed E-state index contributed by atoms with van der Waals surface area (Å²) in [5, 5.41) is 9.03. The third-order valence-corrected chi connectivity index (χ3v) is 3.87. The van der Waals surface area contributed by atoms with E-state index in [0.29, 0.717) is 5.56 Å². The molecule has 1 fully saturated rings. The van der Waals surface area contributed by atoms with Gasteiger partial charge in [0.05, 0.1) is 5.56 Å². The van der Waals surface area contributed by atoms with Crippen molar-refractivity contribution in [3.63, 3.8) is 0 Å². The molecule has 0 saturated heterocycles. The van der Waals surface area contributed by atoms with Crippen LogP contribution in [-0.4, -0.2) is 34.0 Å². The molecular weight excluding hydrogens is 254 g/mol. The number of nitrogens with zero attached hydrogens (tertiary/aromatic N) is 1. The molecule has 1 aromatic carbocycles. The second-order valence-corrected chi connectivity index (χ2v) is 5.63. The van der Waals surface area contributed by atoms with Crippen LogP contribution in [-0.2, 0) is 0 Å². The molecule has 0 spiro atoms. The number of aromatic carboxylic acids is 1. The number of carboxylic acids is 1. The van der Waals surface area contributed by atoms with E-state index in [9.17, 15) is 9.59 Å². The average Bonchev–Trinajstić information content (AvgIpc) is 2.92. The lowest BCUT2D eigenvalue weighted by molar-refractivity contribution is 0.0613. The highest BCUT2D eigenvalue weighted by Crippen LogP contribution is 2.26. The van der Waals surface area contributed by atoms with E-state index in [1.54, 1.807) is 12.1 Å². The first-order valence-electron chi connectivity index (χ1n) is 7.16. The van der Waals surface area contributed by atoms with Crippen molar-refractivity contribution < 1.29 is 14.7 Å². The van der Waals surface area contributed by atoms with Crippen LogP contribution in [0.25, 0.3) is 0 Å². The largest absolute Gasteiger partial charge is 0.478 e. The van der Waals surface area contributed by atoms with E-state index in [1.807, 2.05) is 18.7 Å². The molecule has 1 saturated carbocycles. The molecule has 1 aliphatic carbocycles. The number of rotatable bonds is 4. The minimum atomic E-state index is -1.00. The van der Waals surface area contributed by atoms with E-state index in [2.05, 4.69) is 0 Å². The highest BCUT2D eigenvalue weighted by molar-refractivity contribution is 5.97. The van der Waals surface area contributed by atoms with Crippen molar-refractivity contribution in [2.45, 2.75) is 51.6 Å². The van der Waals surface area contributed by atoms with Gasteiger partial charge in [0, 0.05) is 17.6 Å². The molecule has 0 aromatic heterocycles. The first-order chi connectivity index (χ1) is 9.50. The summed E-state index contributed by atoms with van der Waals surface area (Å²) < 4.78 is 0. The smallest absolute Gasteiger partial charge is 0.335 e. The third kappa shape index (κ3) is 3.00. The van der Waals surface area contributed by atoms with Crippen LogP contribution in [0.2, 0.25) is 0 Å². The van der Waals surface area contributed by atoms with Crippen LogP contribution in [0.15, 0.2) is 24.3 Å². The maximum Gasteiger partial charge on any atom is 0.335 e. The molecule has 1 aliphatic rings. The number of carbonyl (C=O) groups excluding carboxylic acids is 1. The summed E-state index contributed by atoms with van der Waals surface area (Å²) in [5.41, 5.74) is 0.622. The number of hydrogen-bond acceptors (Lipinski definition) is 2. The molecule has 0 aliphatic heterocycles. The summed E-state index contributed by atoms with van der Waals surface area (Å²) in [6.07, 6.45) is 4.41. The standard InChI is InChI=1S/C16H21NO3/c1-11(2)17(14-8-3-4-9-14)15(18)12-6-5-7-13(10-12)16(19)20/h5-7,10-11,14H,3-4,8-9H2,1-2H3,(H,19,20). The van der Waals surface area contributed by atoms with Gasteiger partial charge in [-0.05, 0) is 44.9 Å². The van der Waals surface area contributed by atoms with E-state index in [0.717, 1.165) is 25.7 Å². The van der Waals surface area contributed by atoms with E-state index < -0.39 is 5.97 Å². The maximum atomic E-state index is 12.7. The van der Waals surface area contributed by atoms with Crippen LogP contribution in [0.5, 0.6) is 0 Å². The van der Waals surface area contributed by atoms with E-state index >= 15 is 0 Å². The molecule has 1 aromatic rings. The Morgan fingerprint density at radius 1 is 1.20 bits per heavy atom. The topological polar surface area (TPSA) is 57.6 Å². The van der Waals surface area contributed by atoms with Gasteiger partial charge in [0.1, 0.15) is 0 Å². The Bertz CT molecular complexity index is 504. The predicted octanol–water partition coefficient (Wildman–Crippen LogP) is 3.18. The van der Waals surface area contributed by atoms with Gasteiger partial charge in [0.15, 0.2) is 0 Å². The first kappa shape index (κ1) is 14.6. The minimum absolute atomic E-state index is 0.0602. The zero-order valence-electron chi connectivity index (χ0n) is 12.0. The van der Waals surface area contributed by atoms with Crippen LogP contribution < -0.4 is 0 Å². The fraction of sp³-hybridized carbons (Fsp3) is 0.500. The molecule has 0 unspecified atom stereocenters. The van der Waals surface area contributed by atoms with Crippen LogP contribution in [0, 0.1) is 0 Å². The third-order valence-electron chi connectivity index (χ3n) is 3.87. The summed E-state index contributed by atoms with van der Waals surface area (Å²) >= 11 is 0. The molecule has 0 heterocycles. The fourth-order valence-electron chi connectivity index (χ4n) is 2.94. The number of carboxylic acid groups (broad SMARTS) is 1. The molecule has 0 bridgehead atoms. The molecule has 108 valence electrons. The van der Waals surface area contributed by atoms with Gasteiger partial charge in [-0.15, -0.1) is 0 Å². The van der Waals surface area contributed by atoms with Crippen LogP contribution in [0.1, 0.15) is 60.2 Å². The summed E-state index contributed by atoms with van der Waals surface area (Å²) in [6, 6.07) is 6.71. The average molecular weight is 275 g/mol. The summed E-state index contributed by atoms with van der Waals surface area (Å²) in [5.74, 6) is -1.06. The Kier molecular flexibility index (Phi) is 4.42. The molecule has 4 nitrogen and oxygen atoms in total. The Hall–Kier alpha value is -1.84. The van der Waals surface area contributed by atoms with Crippen molar-refractivity contribution in [2.75, 3.05) is 0 Å². The number of amides is 1. The summed E-state index contributed by atoms with van der Waals surface area (Å²) in [6.45, 7) is 4.02. The monoisotopic (exact) mass is 275 g/mol.